The molecule has 10 nitrogen and oxygen atoms in total. The van der Waals surface area contributed by atoms with Crippen molar-refractivity contribution in [1.82, 2.24) is 9.80 Å². The zero-order valence-electron chi connectivity index (χ0n) is 28.9. The van der Waals surface area contributed by atoms with Crippen molar-refractivity contribution < 1.29 is 28.9 Å². The van der Waals surface area contributed by atoms with Crippen LogP contribution in [0.1, 0.15) is 56.0 Å². The first-order chi connectivity index (χ1) is 23.5. The van der Waals surface area contributed by atoms with Crippen LogP contribution in [0, 0.1) is 5.92 Å². The van der Waals surface area contributed by atoms with E-state index in [0.717, 1.165) is 24.8 Å². The van der Waals surface area contributed by atoms with Gasteiger partial charge >= 0.3 is 6.03 Å². The molecule has 0 spiro atoms. The molecule has 1 aliphatic heterocycles. The maximum Gasteiger partial charge on any atom is 0.323 e. The van der Waals surface area contributed by atoms with Crippen LogP contribution in [0.2, 0.25) is 10.0 Å². The highest BCUT2D eigenvalue weighted by atomic mass is 35.5. The summed E-state index contributed by atoms with van der Waals surface area (Å²) in [6.07, 6.45) is 2.17. The van der Waals surface area contributed by atoms with Gasteiger partial charge in [0.15, 0.2) is 0 Å². The summed E-state index contributed by atoms with van der Waals surface area (Å²) in [4.78, 5) is 31.1. The molecule has 0 saturated heterocycles. The number of rotatable bonds is 9. The van der Waals surface area contributed by atoms with E-state index in [1.165, 1.54) is 0 Å². The van der Waals surface area contributed by atoms with Crippen LogP contribution in [-0.4, -0.2) is 85.6 Å². The van der Waals surface area contributed by atoms with Crippen molar-refractivity contribution in [3.05, 3.63) is 81.8 Å². The molecule has 0 bridgehead atoms. The third kappa shape index (κ3) is 11.2. The summed E-state index contributed by atoms with van der Waals surface area (Å²) < 4.78 is 18.0. The SMILES string of the molecule is COc1ccc(NC(=O)Nc2ccc3c(c2)C(=O)N([C@@H](C)CO)C[C@H](C)[C@@H](CN(C)Cc2ccc(Cl)c(Cl)c2)OCCCC[C@@H](C)O3)cc1. The van der Waals surface area contributed by atoms with E-state index in [4.69, 9.17) is 37.4 Å². The Morgan fingerprint density at radius 1 is 1.04 bits per heavy atom. The van der Waals surface area contributed by atoms with Gasteiger partial charge < -0.3 is 34.9 Å². The van der Waals surface area contributed by atoms with Crippen LogP contribution in [-0.2, 0) is 11.3 Å². The number of carbonyl (C=O) groups excluding carboxylic acids is 2. The van der Waals surface area contributed by atoms with E-state index in [1.807, 2.05) is 33.0 Å². The molecule has 0 radical (unpaired) electrons. The van der Waals surface area contributed by atoms with Gasteiger partial charge in [-0.1, -0.05) is 36.2 Å². The Bertz CT molecular complexity index is 1540. The number of benzene rings is 3. The molecule has 0 saturated carbocycles. The summed E-state index contributed by atoms with van der Waals surface area (Å²) in [6, 6.07) is 16.7. The number of aliphatic hydroxyl groups excluding tert-OH is 1. The van der Waals surface area contributed by atoms with Crippen LogP contribution >= 0.6 is 23.2 Å². The predicted octanol–water partition coefficient (Wildman–Crippen LogP) is 7.57. The highest BCUT2D eigenvalue weighted by Gasteiger charge is 2.30. The average Bonchev–Trinajstić information content (AvgIpc) is 3.08. The Morgan fingerprint density at radius 2 is 1.76 bits per heavy atom. The van der Waals surface area contributed by atoms with Crippen LogP contribution in [0.15, 0.2) is 60.7 Å². The van der Waals surface area contributed by atoms with Gasteiger partial charge in [0.05, 0.1) is 47.6 Å². The van der Waals surface area contributed by atoms with E-state index in [-0.39, 0.29) is 30.6 Å². The fraction of sp³-hybridized carbons (Fsp3) is 0.459. The summed E-state index contributed by atoms with van der Waals surface area (Å²) >= 11 is 12.4. The second-order valence-corrected chi connectivity index (χ2v) is 13.6. The normalized spacial score (nSPS) is 19.7. The molecule has 0 fully saturated rings. The highest BCUT2D eigenvalue weighted by Crippen LogP contribution is 2.29. The molecular formula is C37H48Cl2N4O6. The quantitative estimate of drug-likeness (QED) is 0.210. The minimum Gasteiger partial charge on any atom is -0.497 e. The molecule has 266 valence electrons. The minimum atomic E-state index is -0.488. The topological polar surface area (TPSA) is 113 Å². The summed E-state index contributed by atoms with van der Waals surface area (Å²) in [5.74, 6) is 0.702. The van der Waals surface area contributed by atoms with Crippen molar-refractivity contribution >= 4 is 46.5 Å². The van der Waals surface area contributed by atoms with Gasteiger partial charge in [-0.05, 0) is 100 Å². The van der Waals surface area contributed by atoms with Gasteiger partial charge in [-0.3, -0.25) is 9.69 Å². The smallest absolute Gasteiger partial charge is 0.323 e. The predicted molar refractivity (Wildman–Crippen MR) is 195 cm³/mol. The number of aliphatic hydroxyl groups is 1. The molecule has 1 heterocycles. The first-order valence-corrected chi connectivity index (χ1v) is 17.4. The summed E-state index contributed by atoms with van der Waals surface area (Å²) in [7, 11) is 3.60. The number of likely N-dealkylation sites (N-methyl/N-ethyl adjacent to an activating group) is 1. The Morgan fingerprint density at radius 3 is 2.45 bits per heavy atom. The van der Waals surface area contributed by atoms with Gasteiger partial charge in [0.25, 0.3) is 5.91 Å². The monoisotopic (exact) mass is 714 g/mol. The van der Waals surface area contributed by atoms with Gasteiger partial charge in [-0.25, -0.2) is 4.79 Å². The fourth-order valence-electron chi connectivity index (χ4n) is 5.75. The lowest BCUT2D eigenvalue weighted by atomic mass is 10.0. The van der Waals surface area contributed by atoms with E-state index in [9.17, 15) is 14.7 Å². The van der Waals surface area contributed by atoms with Crippen molar-refractivity contribution in [1.29, 1.82) is 0 Å². The molecular weight excluding hydrogens is 667 g/mol. The number of ether oxygens (including phenoxy) is 3. The molecule has 4 rings (SSSR count). The van der Waals surface area contributed by atoms with Gasteiger partial charge in [-0.15, -0.1) is 0 Å². The lowest BCUT2D eigenvalue weighted by Gasteiger charge is -2.36. The van der Waals surface area contributed by atoms with Crippen molar-refractivity contribution in [2.45, 2.75) is 64.8 Å². The number of halogens is 2. The van der Waals surface area contributed by atoms with Gasteiger partial charge in [0.1, 0.15) is 11.5 Å². The maximum atomic E-state index is 14.4. The van der Waals surface area contributed by atoms with Crippen molar-refractivity contribution in [3.63, 3.8) is 0 Å². The van der Waals surface area contributed by atoms with Crippen molar-refractivity contribution in [3.8, 4) is 11.5 Å². The van der Waals surface area contributed by atoms with Crippen LogP contribution < -0.4 is 20.1 Å². The number of nitrogens with zero attached hydrogens (tertiary/aromatic N) is 2. The lowest BCUT2D eigenvalue weighted by Crippen LogP contribution is -2.47. The van der Waals surface area contributed by atoms with E-state index in [1.54, 1.807) is 60.5 Å². The van der Waals surface area contributed by atoms with E-state index in [2.05, 4.69) is 22.5 Å². The number of anilines is 2. The van der Waals surface area contributed by atoms with Gasteiger partial charge in [0.2, 0.25) is 0 Å². The Kier molecular flexibility index (Phi) is 14.4. The first kappa shape index (κ1) is 38.3. The van der Waals surface area contributed by atoms with Gasteiger partial charge in [0, 0.05) is 43.5 Å². The molecule has 49 heavy (non-hydrogen) atoms. The molecule has 1 aliphatic rings. The van der Waals surface area contributed by atoms with E-state index < -0.39 is 12.1 Å². The van der Waals surface area contributed by atoms with Crippen LogP contribution in [0.3, 0.4) is 0 Å². The number of methoxy groups -OCH3 is 1. The number of hydrogen-bond acceptors (Lipinski definition) is 7. The molecule has 3 aromatic carbocycles. The van der Waals surface area contributed by atoms with Crippen molar-refractivity contribution in [2.24, 2.45) is 5.92 Å². The third-order valence-corrected chi connectivity index (χ3v) is 9.32. The first-order valence-electron chi connectivity index (χ1n) is 16.7. The summed E-state index contributed by atoms with van der Waals surface area (Å²) in [6.45, 7) is 7.80. The van der Waals surface area contributed by atoms with E-state index >= 15 is 0 Å². The second kappa shape index (κ2) is 18.5. The number of fused-ring (bicyclic) bond motifs is 1. The highest BCUT2D eigenvalue weighted by molar-refractivity contribution is 6.42. The summed E-state index contributed by atoms with van der Waals surface area (Å²) in [5, 5.41) is 16.9. The Labute approximate surface area is 299 Å². The Hall–Kier alpha value is -3.54. The number of amides is 3. The average molecular weight is 716 g/mol. The molecule has 3 N–H and O–H groups in total. The zero-order chi connectivity index (χ0) is 35.5. The molecule has 12 heteroatoms. The zero-order valence-corrected chi connectivity index (χ0v) is 30.4. The lowest BCUT2D eigenvalue weighted by molar-refractivity contribution is -0.0177. The molecule has 3 amide bonds. The van der Waals surface area contributed by atoms with Crippen molar-refractivity contribution in [2.75, 3.05) is 51.1 Å². The third-order valence-electron chi connectivity index (χ3n) is 8.59. The van der Waals surface area contributed by atoms with Crippen LogP contribution in [0.5, 0.6) is 11.5 Å². The van der Waals surface area contributed by atoms with Crippen LogP contribution in [0.4, 0.5) is 16.2 Å². The fourth-order valence-corrected chi connectivity index (χ4v) is 6.07. The number of urea groups is 1. The molecule has 3 aromatic rings. The standard InChI is InChI=1S/C37H48Cl2N4O6/c1-24-20-43(25(2)23-44)36(45)31-19-29(41-37(46)40-28-10-13-30(47-5)14-11-28)12-16-34(31)49-26(3)8-6-7-17-48-35(24)22-42(4)21-27-9-15-32(38)33(39)18-27/h9-16,18-19,24-26,35,44H,6-8,17,20-23H2,1-5H3,(H2,40,41,46)/t24-,25-,26+,35+/m0/s1. The van der Waals surface area contributed by atoms with Gasteiger partial charge in [-0.2, -0.15) is 0 Å². The number of hydrogen-bond donors (Lipinski definition) is 3. The largest absolute Gasteiger partial charge is 0.497 e. The molecule has 0 aliphatic carbocycles. The van der Waals surface area contributed by atoms with E-state index in [0.29, 0.717) is 64.7 Å². The minimum absolute atomic E-state index is 0.0861. The maximum absolute atomic E-state index is 14.4. The number of nitrogens with one attached hydrogen (secondary N) is 2. The molecule has 0 aromatic heterocycles. The van der Waals surface area contributed by atoms with Crippen LogP contribution in [0.25, 0.3) is 0 Å². The molecule has 0 unspecified atom stereocenters. The Balaban J connectivity index is 1.57. The molecule has 4 atom stereocenters. The summed E-state index contributed by atoms with van der Waals surface area (Å²) in [5.41, 5.74) is 2.34. The second-order valence-electron chi connectivity index (χ2n) is 12.8. The number of carbonyl (C=O) groups is 2.